The lowest BCUT2D eigenvalue weighted by Crippen LogP contribution is -2.28. The normalized spacial score (nSPS) is 20.2. The van der Waals surface area contributed by atoms with Crippen molar-refractivity contribution in [3.63, 3.8) is 0 Å². The second kappa shape index (κ2) is 4.07. The molecule has 2 aromatic rings. The highest BCUT2D eigenvalue weighted by atomic mass is 32.2. The van der Waals surface area contributed by atoms with Crippen LogP contribution in [0.15, 0.2) is 29.3 Å². The van der Waals surface area contributed by atoms with Crippen molar-refractivity contribution in [2.75, 3.05) is 11.4 Å². The van der Waals surface area contributed by atoms with Crippen LogP contribution < -0.4 is 4.31 Å². The number of benzene rings is 1. The van der Waals surface area contributed by atoms with Gasteiger partial charge >= 0.3 is 0 Å². The van der Waals surface area contributed by atoms with E-state index < -0.39 is 16.1 Å². The molecular formula is C13H15N3O3S. The average molecular weight is 293 g/mol. The molecule has 0 aliphatic carbocycles. The maximum atomic E-state index is 12.7. The third-order valence-electron chi connectivity index (χ3n) is 3.66. The van der Waals surface area contributed by atoms with Crippen LogP contribution in [-0.2, 0) is 17.1 Å². The van der Waals surface area contributed by atoms with Crippen LogP contribution in [0, 0.1) is 6.92 Å². The molecule has 0 saturated heterocycles. The third-order valence-corrected chi connectivity index (χ3v) is 5.55. The Labute approximate surface area is 117 Å². The van der Waals surface area contributed by atoms with Gasteiger partial charge in [-0.25, -0.2) is 0 Å². The molecule has 2 heterocycles. The summed E-state index contributed by atoms with van der Waals surface area (Å²) >= 11 is 0. The monoisotopic (exact) mass is 293 g/mol. The minimum absolute atomic E-state index is 0.0428. The Morgan fingerprint density at radius 3 is 2.60 bits per heavy atom. The molecule has 3 rings (SSSR count). The van der Waals surface area contributed by atoms with Gasteiger partial charge in [0, 0.05) is 25.2 Å². The number of sulfonamides is 1. The van der Waals surface area contributed by atoms with Gasteiger partial charge in [0.05, 0.1) is 11.4 Å². The number of fused-ring (bicyclic) bond motifs is 2. The Balaban J connectivity index is 2.46. The van der Waals surface area contributed by atoms with Crippen molar-refractivity contribution in [2.24, 2.45) is 7.05 Å². The Kier molecular flexibility index (Phi) is 2.67. The van der Waals surface area contributed by atoms with E-state index in [-0.39, 0.29) is 5.03 Å². The van der Waals surface area contributed by atoms with Gasteiger partial charge in [-0.05, 0) is 13.0 Å². The fourth-order valence-electron chi connectivity index (χ4n) is 2.69. The highest BCUT2D eigenvalue weighted by molar-refractivity contribution is 7.92. The van der Waals surface area contributed by atoms with Crippen LogP contribution in [0.5, 0.6) is 0 Å². The minimum Gasteiger partial charge on any atom is -0.383 e. The zero-order valence-electron chi connectivity index (χ0n) is 11.4. The smallest absolute Gasteiger partial charge is 0.281 e. The second-order valence-electron chi connectivity index (χ2n) is 4.86. The molecule has 0 radical (unpaired) electrons. The van der Waals surface area contributed by atoms with E-state index in [1.165, 1.54) is 16.0 Å². The first kappa shape index (κ1) is 13.1. The van der Waals surface area contributed by atoms with Crippen LogP contribution in [0.4, 0.5) is 5.69 Å². The summed E-state index contributed by atoms with van der Waals surface area (Å²) in [4.78, 5) is 0. The van der Waals surface area contributed by atoms with Gasteiger partial charge in [0.2, 0.25) is 0 Å². The van der Waals surface area contributed by atoms with E-state index in [4.69, 9.17) is 0 Å². The van der Waals surface area contributed by atoms with E-state index in [9.17, 15) is 13.5 Å². The van der Waals surface area contributed by atoms with E-state index in [2.05, 4.69) is 5.10 Å². The SMILES string of the molecule is Cc1nn(C)c2c1C(O)c1ccccc1N(C)S2(=O)=O. The lowest BCUT2D eigenvalue weighted by molar-refractivity contribution is 0.217. The number of anilines is 1. The van der Waals surface area contributed by atoms with Crippen LogP contribution in [0.3, 0.4) is 0 Å². The van der Waals surface area contributed by atoms with E-state index in [0.29, 0.717) is 22.5 Å². The van der Waals surface area contributed by atoms with Gasteiger partial charge in [-0.1, -0.05) is 18.2 Å². The standard InChI is InChI=1S/C13H15N3O3S/c1-8-11-12(17)9-6-4-5-7-10(9)16(3)20(18,19)13(11)15(2)14-8/h4-7,12,17H,1-3H3. The van der Waals surface area contributed by atoms with Gasteiger partial charge in [-0.3, -0.25) is 8.99 Å². The molecule has 1 unspecified atom stereocenters. The predicted octanol–water partition coefficient (Wildman–Crippen LogP) is 0.949. The van der Waals surface area contributed by atoms with Gasteiger partial charge in [0.15, 0.2) is 5.03 Å². The zero-order chi connectivity index (χ0) is 14.7. The average Bonchev–Trinajstić information content (AvgIpc) is 2.69. The fraction of sp³-hybridized carbons (Fsp3) is 0.308. The van der Waals surface area contributed by atoms with Crippen LogP contribution in [-0.4, -0.2) is 30.4 Å². The van der Waals surface area contributed by atoms with Crippen LogP contribution >= 0.6 is 0 Å². The molecule has 0 fully saturated rings. The number of nitrogens with zero attached hydrogens (tertiary/aromatic N) is 3. The molecule has 0 saturated carbocycles. The highest BCUT2D eigenvalue weighted by Crippen LogP contribution is 2.40. The topological polar surface area (TPSA) is 75.4 Å². The summed E-state index contributed by atoms with van der Waals surface area (Å²) in [7, 11) is -0.686. The van der Waals surface area contributed by atoms with Crippen molar-refractivity contribution in [1.82, 2.24) is 9.78 Å². The lowest BCUT2D eigenvalue weighted by Gasteiger charge is -2.19. The summed E-state index contributed by atoms with van der Waals surface area (Å²) < 4.78 is 27.9. The number of rotatable bonds is 0. The van der Waals surface area contributed by atoms with E-state index in [0.717, 1.165) is 0 Å². The maximum Gasteiger partial charge on any atom is 0.281 e. The molecule has 0 amide bonds. The van der Waals surface area contributed by atoms with Crippen LogP contribution in [0.2, 0.25) is 0 Å². The van der Waals surface area contributed by atoms with E-state index in [1.807, 2.05) is 0 Å². The Hall–Kier alpha value is -1.86. The van der Waals surface area contributed by atoms with Crippen molar-refractivity contribution in [1.29, 1.82) is 0 Å². The van der Waals surface area contributed by atoms with Gasteiger partial charge in [-0.2, -0.15) is 13.5 Å². The largest absolute Gasteiger partial charge is 0.383 e. The van der Waals surface area contributed by atoms with Gasteiger partial charge in [-0.15, -0.1) is 0 Å². The summed E-state index contributed by atoms with van der Waals surface area (Å²) in [6.45, 7) is 1.70. The third kappa shape index (κ3) is 1.53. The molecule has 0 spiro atoms. The summed E-state index contributed by atoms with van der Waals surface area (Å²) in [5.41, 5.74) is 1.91. The summed E-state index contributed by atoms with van der Waals surface area (Å²) in [6.07, 6.45) is -1.00. The number of hydrogen-bond donors (Lipinski definition) is 1. The molecular weight excluding hydrogens is 278 g/mol. The summed E-state index contributed by atoms with van der Waals surface area (Å²) in [5.74, 6) is 0. The molecule has 1 aliphatic rings. The Morgan fingerprint density at radius 2 is 1.90 bits per heavy atom. The van der Waals surface area contributed by atoms with Crippen LogP contribution in [0.1, 0.15) is 22.9 Å². The van der Waals surface area contributed by atoms with Crippen molar-refractivity contribution >= 4 is 15.7 Å². The molecule has 20 heavy (non-hydrogen) atoms. The molecule has 1 aromatic heterocycles. The molecule has 106 valence electrons. The van der Waals surface area contributed by atoms with Crippen molar-refractivity contribution in [3.05, 3.63) is 41.1 Å². The maximum absolute atomic E-state index is 12.7. The first-order valence-corrected chi connectivity index (χ1v) is 7.59. The molecule has 7 heteroatoms. The summed E-state index contributed by atoms with van der Waals surface area (Å²) in [5, 5.41) is 14.8. The quantitative estimate of drug-likeness (QED) is 0.784. The van der Waals surface area contributed by atoms with Gasteiger partial charge in [0.25, 0.3) is 10.0 Å². The lowest BCUT2D eigenvalue weighted by atomic mass is 10.0. The highest BCUT2D eigenvalue weighted by Gasteiger charge is 2.38. The molecule has 6 nitrogen and oxygen atoms in total. The Bertz CT molecular complexity index is 795. The number of para-hydroxylation sites is 1. The van der Waals surface area contributed by atoms with E-state index in [1.54, 1.807) is 38.2 Å². The Morgan fingerprint density at radius 1 is 1.25 bits per heavy atom. The zero-order valence-corrected chi connectivity index (χ0v) is 12.2. The number of aryl methyl sites for hydroxylation is 2. The first-order valence-electron chi connectivity index (χ1n) is 6.15. The summed E-state index contributed by atoms with van der Waals surface area (Å²) in [6, 6.07) is 6.94. The van der Waals surface area contributed by atoms with Crippen molar-refractivity contribution in [3.8, 4) is 0 Å². The predicted molar refractivity (Wildman–Crippen MR) is 74.0 cm³/mol. The first-order chi connectivity index (χ1) is 9.35. The van der Waals surface area contributed by atoms with E-state index >= 15 is 0 Å². The van der Waals surface area contributed by atoms with Crippen LogP contribution in [0.25, 0.3) is 0 Å². The minimum atomic E-state index is -3.74. The molecule has 1 aromatic carbocycles. The van der Waals surface area contributed by atoms with Crippen molar-refractivity contribution < 1.29 is 13.5 Å². The molecule has 1 N–H and O–H groups in total. The van der Waals surface area contributed by atoms with Gasteiger partial charge in [0.1, 0.15) is 6.10 Å². The number of aromatic nitrogens is 2. The fourth-order valence-corrected chi connectivity index (χ4v) is 4.29. The molecule has 0 bridgehead atoms. The molecule has 1 atom stereocenters. The number of aliphatic hydroxyl groups is 1. The van der Waals surface area contributed by atoms with Gasteiger partial charge < -0.3 is 5.11 Å². The van der Waals surface area contributed by atoms with Crippen molar-refractivity contribution in [2.45, 2.75) is 18.1 Å². The molecule has 1 aliphatic heterocycles. The second-order valence-corrected chi connectivity index (χ2v) is 6.75. The number of aliphatic hydroxyl groups excluding tert-OH is 1. The number of hydrogen-bond acceptors (Lipinski definition) is 4.